The minimum absolute atomic E-state index is 0.0902. The van der Waals surface area contributed by atoms with E-state index in [-0.39, 0.29) is 11.6 Å². The van der Waals surface area contributed by atoms with Gasteiger partial charge in [0.25, 0.3) is 0 Å². The van der Waals surface area contributed by atoms with Crippen LogP contribution in [0.1, 0.15) is 40.4 Å². The lowest BCUT2D eigenvalue weighted by Crippen LogP contribution is -2.17. The Morgan fingerprint density at radius 3 is 2.80 bits per heavy atom. The number of aryl methyl sites for hydroxylation is 1. The van der Waals surface area contributed by atoms with E-state index in [0.717, 1.165) is 5.56 Å². The minimum Gasteiger partial charge on any atom is -0.478 e. The Hall–Kier alpha value is -1.78. The van der Waals surface area contributed by atoms with Crippen molar-refractivity contribution < 1.29 is 14.3 Å². The number of aromatic carboxylic acids is 1. The van der Waals surface area contributed by atoms with Gasteiger partial charge in [0, 0.05) is 11.1 Å². The molecular weight excluding hydrogens is 278 g/mol. The maximum Gasteiger partial charge on any atom is 0.339 e. The van der Waals surface area contributed by atoms with E-state index in [1.165, 1.54) is 0 Å². The van der Waals surface area contributed by atoms with Gasteiger partial charge < -0.3 is 14.8 Å². The van der Waals surface area contributed by atoms with Crippen molar-refractivity contribution in [2.45, 2.75) is 26.4 Å². The lowest BCUT2D eigenvalue weighted by atomic mass is 10.1. The van der Waals surface area contributed by atoms with Gasteiger partial charge in [0.2, 0.25) is 0 Å². The Morgan fingerprint density at radius 2 is 2.20 bits per heavy atom. The summed E-state index contributed by atoms with van der Waals surface area (Å²) >= 11 is 5.95. The van der Waals surface area contributed by atoms with Crippen LogP contribution in [0, 0.1) is 6.92 Å². The molecule has 1 atom stereocenters. The molecule has 5 heteroatoms. The van der Waals surface area contributed by atoms with E-state index >= 15 is 0 Å². The maximum atomic E-state index is 10.9. The summed E-state index contributed by atoms with van der Waals surface area (Å²) in [5.74, 6) is 0.0545. The van der Waals surface area contributed by atoms with Gasteiger partial charge in [-0.2, -0.15) is 0 Å². The first-order valence-corrected chi connectivity index (χ1v) is 6.66. The van der Waals surface area contributed by atoms with E-state index in [1.54, 1.807) is 13.0 Å². The van der Waals surface area contributed by atoms with Crippen molar-refractivity contribution >= 4 is 17.6 Å². The molecule has 0 radical (unpaired) electrons. The van der Waals surface area contributed by atoms with Crippen LogP contribution in [0.15, 0.2) is 34.7 Å². The van der Waals surface area contributed by atoms with Crippen molar-refractivity contribution in [3.8, 4) is 0 Å². The normalized spacial score (nSPS) is 12.3. The number of carbonyl (C=O) groups is 1. The monoisotopic (exact) mass is 293 g/mol. The topological polar surface area (TPSA) is 62.5 Å². The van der Waals surface area contributed by atoms with Crippen molar-refractivity contribution in [1.82, 2.24) is 5.32 Å². The fourth-order valence-electron chi connectivity index (χ4n) is 1.99. The van der Waals surface area contributed by atoms with Crippen LogP contribution in [0.25, 0.3) is 0 Å². The molecule has 2 rings (SSSR count). The van der Waals surface area contributed by atoms with Crippen molar-refractivity contribution in [1.29, 1.82) is 0 Å². The summed E-state index contributed by atoms with van der Waals surface area (Å²) in [6.45, 7) is 4.12. The molecule has 2 N–H and O–H groups in total. The van der Waals surface area contributed by atoms with E-state index < -0.39 is 5.97 Å². The van der Waals surface area contributed by atoms with Crippen molar-refractivity contribution in [2.75, 3.05) is 0 Å². The number of nitrogens with one attached hydrogen (secondary N) is 1. The first kappa shape index (κ1) is 14.6. The SMILES string of the molecule is Cc1oc(CNC(C)c2cccc(Cl)c2)cc1C(=O)O. The average molecular weight is 294 g/mol. The third kappa shape index (κ3) is 3.40. The summed E-state index contributed by atoms with van der Waals surface area (Å²) in [6.07, 6.45) is 0. The molecular formula is C15H16ClNO3. The van der Waals surface area contributed by atoms with Crippen molar-refractivity contribution in [2.24, 2.45) is 0 Å². The molecule has 20 heavy (non-hydrogen) atoms. The molecule has 1 aromatic heterocycles. The number of furan rings is 1. The van der Waals surface area contributed by atoms with E-state index in [4.69, 9.17) is 21.1 Å². The van der Waals surface area contributed by atoms with Crippen LogP contribution in [0.3, 0.4) is 0 Å². The van der Waals surface area contributed by atoms with Crippen LogP contribution in [-0.2, 0) is 6.54 Å². The highest BCUT2D eigenvalue weighted by atomic mass is 35.5. The largest absolute Gasteiger partial charge is 0.478 e. The number of carboxylic acid groups (broad SMARTS) is 1. The lowest BCUT2D eigenvalue weighted by Gasteiger charge is -2.13. The Balaban J connectivity index is 2.01. The number of benzene rings is 1. The van der Waals surface area contributed by atoms with E-state index in [2.05, 4.69) is 5.32 Å². The number of rotatable bonds is 5. The third-order valence-corrected chi connectivity index (χ3v) is 3.37. The molecule has 0 saturated heterocycles. The summed E-state index contributed by atoms with van der Waals surface area (Å²) in [5, 5.41) is 12.9. The summed E-state index contributed by atoms with van der Waals surface area (Å²) in [5.41, 5.74) is 1.27. The zero-order valence-electron chi connectivity index (χ0n) is 11.3. The second-order valence-electron chi connectivity index (χ2n) is 4.65. The maximum absolute atomic E-state index is 10.9. The highest BCUT2D eigenvalue weighted by Crippen LogP contribution is 2.19. The number of hydrogen-bond acceptors (Lipinski definition) is 3. The van der Waals surface area contributed by atoms with Crippen LogP contribution in [-0.4, -0.2) is 11.1 Å². The van der Waals surface area contributed by atoms with Crippen molar-refractivity contribution in [3.05, 3.63) is 58.0 Å². The molecule has 0 aliphatic carbocycles. The first-order valence-electron chi connectivity index (χ1n) is 6.29. The molecule has 0 aliphatic rings. The van der Waals surface area contributed by atoms with Crippen LogP contribution in [0.5, 0.6) is 0 Å². The van der Waals surface area contributed by atoms with Gasteiger partial charge in [0.1, 0.15) is 17.1 Å². The van der Waals surface area contributed by atoms with Gasteiger partial charge in [-0.25, -0.2) is 4.79 Å². The first-order chi connectivity index (χ1) is 9.47. The summed E-state index contributed by atoms with van der Waals surface area (Å²) in [7, 11) is 0. The van der Waals surface area contributed by atoms with Gasteiger partial charge in [0.05, 0.1) is 6.54 Å². The molecule has 4 nitrogen and oxygen atoms in total. The van der Waals surface area contributed by atoms with Crippen LogP contribution in [0.4, 0.5) is 0 Å². The summed E-state index contributed by atoms with van der Waals surface area (Å²) in [6, 6.07) is 9.25. The second-order valence-corrected chi connectivity index (χ2v) is 5.08. The molecule has 0 spiro atoms. The van der Waals surface area contributed by atoms with Crippen molar-refractivity contribution in [3.63, 3.8) is 0 Å². The van der Waals surface area contributed by atoms with Crippen LogP contribution < -0.4 is 5.32 Å². The number of hydrogen-bond donors (Lipinski definition) is 2. The quantitative estimate of drug-likeness (QED) is 0.880. The molecule has 1 unspecified atom stereocenters. The molecule has 0 saturated carbocycles. The van der Waals surface area contributed by atoms with Gasteiger partial charge in [0.15, 0.2) is 0 Å². The molecule has 106 valence electrons. The molecule has 2 aromatic rings. The predicted octanol–water partition coefficient (Wildman–Crippen LogP) is 3.79. The molecule has 1 heterocycles. The zero-order chi connectivity index (χ0) is 14.7. The Bertz CT molecular complexity index is 621. The molecule has 0 fully saturated rings. The Morgan fingerprint density at radius 1 is 1.45 bits per heavy atom. The van der Waals surface area contributed by atoms with E-state index in [1.807, 2.05) is 31.2 Å². The highest BCUT2D eigenvalue weighted by molar-refractivity contribution is 6.30. The van der Waals surface area contributed by atoms with Gasteiger partial charge in [-0.15, -0.1) is 0 Å². The Kier molecular flexibility index (Phi) is 4.47. The minimum atomic E-state index is -0.972. The van der Waals surface area contributed by atoms with Gasteiger partial charge in [-0.1, -0.05) is 23.7 Å². The fraction of sp³-hybridized carbons (Fsp3) is 0.267. The smallest absolute Gasteiger partial charge is 0.339 e. The number of carboxylic acids is 1. The van der Waals surface area contributed by atoms with Crippen LogP contribution in [0.2, 0.25) is 5.02 Å². The Labute approximate surface area is 122 Å². The average Bonchev–Trinajstić information content (AvgIpc) is 2.77. The summed E-state index contributed by atoms with van der Waals surface area (Å²) < 4.78 is 5.42. The van der Waals surface area contributed by atoms with Gasteiger partial charge in [-0.05, 0) is 37.6 Å². The molecule has 0 bridgehead atoms. The molecule has 0 aliphatic heterocycles. The predicted molar refractivity (Wildman–Crippen MR) is 77.1 cm³/mol. The van der Waals surface area contributed by atoms with E-state index in [9.17, 15) is 4.79 Å². The van der Waals surface area contributed by atoms with Crippen LogP contribution >= 0.6 is 11.6 Å². The van der Waals surface area contributed by atoms with Gasteiger partial charge in [-0.3, -0.25) is 0 Å². The van der Waals surface area contributed by atoms with E-state index in [0.29, 0.717) is 23.1 Å². The van der Waals surface area contributed by atoms with Gasteiger partial charge >= 0.3 is 5.97 Å². The highest BCUT2D eigenvalue weighted by Gasteiger charge is 2.14. The second kappa shape index (κ2) is 6.11. The lowest BCUT2D eigenvalue weighted by molar-refractivity contribution is 0.0695. The number of halogens is 1. The zero-order valence-corrected chi connectivity index (χ0v) is 12.1. The molecule has 1 aromatic carbocycles. The third-order valence-electron chi connectivity index (χ3n) is 3.13. The standard InChI is InChI=1S/C15H16ClNO3/c1-9(11-4-3-5-12(16)6-11)17-8-13-7-14(15(18)19)10(2)20-13/h3-7,9,17H,8H2,1-2H3,(H,18,19). The summed E-state index contributed by atoms with van der Waals surface area (Å²) in [4.78, 5) is 10.9. The molecule has 0 amide bonds. The fourth-order valence-corrected chi connectivity index (χ4v) is 2.19.